The molecule has 0 aliphatic carbocycles. The highest BCUT2D eigenvalue weighted by Gasteiger charge is 2.22. The number of halogens is 1. The van der Waals surface area contributed by atoms with Gasteiger partial charge in [0.25, 0.3) is 0 Å². The molecule has 17 heavy (non-hydrogen) atoms. The average Bonchev–Trinajstić information content (AvgIpc) is 2.15. The lowest BCUT2D eigenvalue weighted by molar-refractivity contribution is -0.119. The lowest BCUT2D eigenvalue weighted by Crippen LogP contribution is -2.42. The molecule has 0 radical (unpaired) electrons. The number of carbonyl (C=O) groups excluding carboxylic acids is 1. The molecular formula is C9H12FN3O3S. The number of nitrogen functional groups attached to an aromatic ring is 1. The number of primary amides is 1. The minimum atomic E-state index is -3.99. The van der Waals surface area contributed by atoms with Gasteiger partial charge in [0.1, 0.15) is 10.7 Å². The molecule has 1 atom stereocenters. The topological polar surface area (TPSA) is 115 Å². The van der Waals surface area contributed by atoms with Crippen LogP contribution in [0.25, 0.3) is 0 Å². The van der Waals surface area contributed by atoms with Crippen LogP contribution in [0.3, 0.4) is 0 Å². The van der Waals surface area contributed by atoms with Crippen molar-refractivity contribution in [1.82, 2.24) is 4.72 Å². The molecule has 1 rings (SSSR count). The van der Waals surface area contributed by atoms with E-state index < -0.39 is 27.8 Å². The number of amides is 1. The third-order valence-corrected chi connectivity index (χ3v) is 3.63. The number of nitrogens with two attached hydrogens (primary N) is 2. The Labute approximate surface area is 97.8 Å². The molecule has 0 aliphatic rings. The normalized spacial score (nSPS) is 13.3. The van der Waals surface area contributed by atoms with Gasteiger partial charge in [0.05, 0.1) is 11.7 Å². The van der Waals surface area contributed by atoms with Crippen LogP contribution in [0.1, 0.15) is 6.92 Å². The van der Waals surface area contributed by atoms with Crippen molar-refractivity contribution in [3.63, 3.8) is 0 Å². The van der Waals surface area contributed by atoms with E-state index in [1.165, 1.54) is 6.92 Å². The first kappa shape index (κ1) is 13.4. The predicted octanol–water partition coefficient (Wildman–Crippen LogP) is -0.440. The minimum Gasteiger partial charge on any atom is -0.398 e. The van der Waals surface area contributed by atoms with Crippen LogP contribution in [0.5, 0.6) is 0 Å². The van der Waals surface area contributed by atoms with Crippen LogP contribution in [0.15, 0.2) is 23.1 Å². The summed E-state index contributed by atoms with van der Waals surface area (Å²) in [7, 11) is -3.99. The molecule has 0 aromatic heterocycles. The molecule has 6 nitrogen and oxygen atoms in total. The highest BCUT2D eigenvalue weighted by molar-refractivity contribution is 7.89. The molecule has 1 aromatic rings. The summed E-state index contributed by atoms with van der Waals surface area (Å²) in [6.07, 6.45) is 0. The Morgan fingerprint density at radius 2 is 2.06 bits per heavy atom. The molecule has 94 valence electrons. The fourth-order valence-electron chi connectivity index (χ4n) is 1.12. The fraction of sp³-hybridized carbons (Fsp3) is 0.222. The molecule has 1 amide bonds. The molecule has 0 aliphatic heterocycles. The molecule has 0 heterocycles. The largest absolute Gasteiger partial charge is 0.398 e. The summed E-state index contributed by atoms with van der Waals surface area (Å²) < 4.78 is 38.3. The van der Waals surface area contributed by atoms with Gasteiger partial charge in [-0.15, -0.1) is 0 Å². The van der Waals surface area contributed by atoms with Gasteiger partial charge in [-0.1, -0.05) is 0 Å². The summed E-state index contributed by atoms with van der Waals surface area (Å²) in [5.74, 6) is -1.47. The van der Waals surface area contributed by atoms with Gasteiger partial charge < -0.3 is 11.5 Å². The van der Waals surface area contributed by atoms with Crippen LogP contribution in [0, 0.1) is 5.82 Å². The van der Waals surface area contributed by atoms with Gasteiger partial charge in [0.2, 0.25) is 15.9 Å². The van der Waals surface area contributed by atoms with Crippen molar-refractivity contribution in [2.24, 2.45) is 5.73 Å². The monoisotopic (exact) mass is 261 g/mol. The second-order valence-corrected chi connectivity index (χ2v) is 5.11. The Kier molecular flexibility index (Phi) is 3.69. The number of rotatable bonds is 4. The SMILES string of the molecule is CC(NS(=O)(=O)c1ccc(F)cc1N)C(N)=O. The van der Waals surface area contributed by atoms with Gasteiger partial charge in [-0.3, -0.25) is 4.79 Å². The number of benzene rings is 1. The molecule has 0 spiro atoms. The van der Waals surface area contributed by atoms with E-state index in [1.807, 2.05) is 4.72 Å². The second-order valence-electron chi connectivity index (χ2n) is 3.43. The predicted molar refractivity (Wildman–Crippen MR) is 59.8 cm³/mol. The number of carbonyl (C=O) groups is 1. The summed E-state index contributed by atoms with van der Waals surface area (Å²) >= 11 is 0. The zero-order valence-electron chi connectivity index (χ0n) is 8.98. The third-order valence-electron chi connectivity index (χ3n) is 2.02. The molecule has 0 saturated carbocycles. The summed E-state index contributed by atoms with van der Waals surface area (Å²) in [6, 6.07) is 1.77. The van der Waals surface area contributed by atoms with Crippen molar-refractivity contribution >= 4 is 21.6 Å². The summed E-state index contributed by atoms with van der Waals surface area (Å²) in [4.78, 5) is 10.5. The number of hydrogen-bond donors (Lipinski definition) is 3. The summed E-state index contributed by atoms with van der Waals surface area (Å²) in [5, 5.41) is 0. The van der Waals surface area contributed by atoms with Crippen LogP contribution in [-0.2, 0) is 14.8 Å². The Morgan fingerprint density at radius 1 is 1.47 bits per heavy atom. The Hall–Kier alpha value is -1.67. The number of nitrogens with one attached hydrogen (secondary N) is 1. The lowest BCUT2D eigenvalue weighted by atomic mass is 10.3. The van der Waals surface area contributed by atoms with Crippen LogP contribution >= 0.6 is 0 Å². The summed E-state index contributed by atoms with van der Waals surface area (Å²) in [6.45, 7) is 1.29. The Bertz CT molecular complexity index is 544. The molecule has 1 aromatic carbocycles. The van der Waals surface area contributed by atoms with E-state index in [-0.39, 0.29) is 10.6 Å². The molecule has 0 fully saturated rings. The number of anilines is 1. The smallest absolute Gasteiger partial charge is 0.243 e. The minimum absolute atomic E-state index is 0.242. The second kappa shape index (κ2) is 4.68. The van der Waals surface area contributed by atoms with Crippen molar-refractivity contribution in [3.8, 4) is 0 Å². The quantitative estimate of drug-likeness (QED) is 0.637. The van der Waals surface area contributed by atoms with E-state index >= 15 is 0 Å². The fourth-order valence-corrected chi connectivity index (χ4v) is 2.44. The molecule has 0 bridgehead atoms. The first-order chi connectivity index (χ1) is 7.74. The number of hydrogen-bond acceptors (Lipinski definition) is 4. The van der Waals surface area contributed by atoms with Crippen LogP contribution in [-0.4, -0.2) is 20.4 Å². The van der Waals surface area contributed by atoms with Gasteiger partial charge in [-0.2, -0.15) is 4.72 Å². The van der Waals surface area contributed by atoms with E-state index in [9.17, 15) is 17.6 Å². The summed E-state index contributed by atoms with van der Waals surface area (Å²) in [5.41, 5.74) is 10.1. The highest BCUT2D eigenvalue weighted by atomic mass is 32.2. The van der Waals surface area contributed by atoms with Crippen LogP contribution in [0.4, 0.5) is 10.1 Å². The average molecular weight is 261 g/mol. The van der Waals surface area contributed by atoms with Crippen LogP contribution < -0.4 is 16.2 Å². The van der Waals surface area contributed by atoms with Crippen molar-refractivity contribution < 1.29 is 17.6 Å². The van der Waals surface area contributed by atoms with Crippen molar-refractivity contribution in [2.75, 3.05) is 5.73 Å². The van der Waals surface area contributed by atoms with E-state index in [2.05, 4.69) is 0 Å². The van der Waals surface area contributed by atoms with Gasteiger partial charge in [0, 0.05) is 0 Å². The van der Waals surface area contributed by atoms with E-state index in [1.54, 1.807) is 0 Å². The highest BCUT2D eigenvalue weighted by Crippen LogP contribution is 2.19. The maximum atomic E-state index is 12.8. The van der Waals surface area contributed by atoms with Crippen molar-refractivity contribution in [3.05, 3.63) is 24.0 Å². The van der Waals surface area contributed by atoms with Gasteiger partial charge >= 0.3 is 0 Å². The zero-order valence-corrected chi connectivity index (χ0v) is 9.79. The first-order valence-corrected chi connectivity index (χ1v) is 6.09. The maximum Gasteiger partial charge on any atom is 0.243 e. The van der Waals surface area contributed by atoms with Gasteiger partial charge in [0.15, 0.2) is 0 Å². The van der Waals surface area contributed by atoms with Crippen LogP contribution in [0.2, 0.25) is 0 Å². The van der Waals surface area contributed by atoms with Crippen molar-refractivity contribution in [1.29, 1.82) is 0 Å². The number of sulfonamides is 1. The molecule has 5 N–H and O–H groups in total. The molecule has 8 heteroatoms. The van der Waals surface area contributed by atoms with E-state index in [4.69, 9.17) is 11.5 Å². The Morgan fingerprint density at radius 3 is 2.53 bits per heavy atom. The lowest BCUT2D eigenvalue weighted by Gasteiger charge is -2.12. The van der Waals surface area contributed by atoms with Crippen molar-refractivity contribution in [2.45, 2.75) is 17.9 Å². The molecule has 0 saturated heterocycles. The third kappa shape index (κ3) is 3.14. The van der Waals surface area contributed by atoms with Gasteiger partial charge in [-0.25, -0.2) is 12.8 Å². The van der Waals surface area contributed by atoms with Gasteiger partial charge in [-0.05, 0) is 25.1 Å². The zero-order chi connectivity index (χ0) is 13.2. The van der Waals surface area contributed by atoms with E-state index in [0.29, 0.717) is 0 Å². The molecular weight excluding hydrogens is 249 g/mol. The molecule has 1 unspecified atom stereocenters. The maximum absolute atomic E-state index is 12.8. The standard InChI is InChI=1S/C9H12FN3O3S/c1-5(9(12)14)13-17(15,16)8-3-2-6(10)4-7(8)11/h2-5,13H,11H2,1H3,(H2,12,14). The first-order valence-electron chi connectivity index (χ1n) is 4.60. The Balaban J connectivity index is 3.10. The van der Waals surface area contributed by atoms with E-state index in [0.717, 1.165) is 18.2 Å².